The zero-order valence-electron chi connectivity index (χ0n) is 7.91. The molecule has 1 aliphatic carbocycles. The fraction of sp³-hybridized carbons (Fsp3) is 0.300. The highest BCUT2D eigenvalue weighted by molar-refractivity contribution is 9.10. The fourth-order valence-corrected chi connectivity index (χ4v) is 1.36. The van der Waals surface area contributed by atoms with Crippen molar-refractivity contribution >= 4 is 39.2 Å². The smallest absolute Gasteiger partial charge is 0.306 e. The van der Waals surface area contributed by atoms with E-state index in [4.69, 9.17) is 22.4 Å². The number of aliphatic carboxylic acids is 1. The van der Waals surface area contributed by atoms with Gasteiger partial charge in [0, 0.05) is 10.2 Å². The van der Waals surface area contributed by atoms with Gasteiger partial charge in [-0.3, -0.25) is 4.79 Å². The third-order valence-corrected chi connectivity index (χ3v) is 3.08. The quantitative estimate of drug-likeness (QED) is 0.782. The summed E-state index contributed by atoms with van der Waals surface area (Å²) in [4.78, 5) is 9.76. The Morgan fingerprint density at radius 1 is 1.53 bits per heavy atom. The first-order valence-corrected chi connectivity index (χ1v) is 5.61. The van der Waals surface area contributed by atoms with Crippen LogP contribution in [0, 0.1) is 5.92 Å². The van der Waals surface area contributed by atoms with Crippen LogP contribution in [0.2, 0.25) is 5.02 Å². The molecular weight excluding hydrogens is 281 g/mol. The highest BCUT2D eigenvalue weighted by atomic mass is 79.9. The van der Waals surface area contributed by atoms with E-state index in [1.807, 2.05) is 0 Å². The summed E-state index contributed by atoms with van der Waals surface area (Å²) in [6.07, 6.45) is 1.80. The molecule has 0 atom stereocenters. The van der Waals surface area contributed by atoms with E-state index in [1.165, 1.54) is 0 Å². The second kappa shape index (κ2) is 5.37. The van der Waals surface area contributed by atoms with Gasteiger partial charge in [0.2, 0.25) is 0 Å². The monoisotopic (exact) mass is 291 g/mol. The maximum Gasteiger partial charge on any atom is 0.306 e. The molecule has 0 saturated heterocycles. The Balaban J connectivity index is 0.000000162. The molecule has 0 aliphatic heterocycles. The Labute approximate surface area is 101 Å². The van der Waals surface area contributed by atoms with E-state index < -0.39 is 5.97 Å². The summed E-state index contributed by atoms with van der Waals surface area (Å²) in [7, 11) is 0. The van der Waals surface area contributed by atoms with Gasteiger partial charge in [0.1, 0.15) is 0 Å². The van der Waals surface area contributed by atoms with Crippen LogP contribution in [0.3, 0.4) is 0 Å². The molecule has 0 radical (unpaired) electrons. The average molecular weight is 293 g/mol. The Morgan fingerprint density at radius 2 is 2.13 bits per heavy atom. The molecule has 0 aromatic heterocycles. The largest absolute Gasteiger partial charge is 0.481 e. The molecule has 82 valence electrons. The first-order valence-electron chi connectivity index (χ1n) is 4.44. The predicted molar refractivity (Wildman–Crippen MR) is 63.9 cm³/mol. The first kappa shape index (κ1) is 12.3. The predicted octanol–water partition coefficient (Wildman–Crippen LogP) is 3.17. The minimum absolute atomic E-state index is 0.0185. The second-order valence-corrected chi connectivity index (χ2v) is 4.55. The van der Waals surface area contributed by atoms with Gasteiger partial charge in [0.15, 0.2) is 0 Å². The maximum atomic E-state index is 9.76. The normalized spacial score (nSPS) is 14.0. The number of rotatable bonds is 1. The van der Waals surface area contributed by atoms with Crippen LogP contribution in [-0.2, 0) is 4.79 Å². The summed E-state index contributed by atoms with van der Waals surface area (Å²) >= 11 is 8.91. The Hall–Kier alpha value is -0.740. The first-order chi connectivity index (χ1) is 7.00. The molecule has 0 heterocycles. The average Bonchev–Trinajstić information content (AvgIpc) is 2.95. The number of nitrogen functional groups attached to an aromatic ring is 1. The third-order valence-electron chi connectivity index (χ3n) is 1.87. The van der Waals surface area contributed by atoms with E-state index in [9.17, 15) is 4.79 Å². The van der Waals surface area contributed by atoms with E-state index in [1.54, 1.807) is 18.2 Å². The van der Waals surface area contributed by atoms with Crippen molar-refractivity contribution in [2.75, 3.05) is 5.73 Å². The molecule has 1 aromatic rings. The van der Waals surface area contributed by atoms with Crippen LogP contribution in [0.15, 0.2) is 22.7 Å². The zero-order chi connectivity index (χ0) is 11.4. The van der Waals surface area contributed by atoms with Gasteiger partial charge >= 0.3 is 5.97 Å². The number of hydrogen-bond acceptors (Lipinski definition) is 2. The van der Waals surface area contributed by atoms with Crippen molar-refractivity contribution in [1.82, 2.24) is 0 Å². The number of carboxylic acids is 1. The molecule has 1 fully saturated rings. The molecule has 3 N–H and O–H groups in total. The molecule has 5 heteroatoms. The third kappa shape index (κ3) is 4.53. The van der Waals surface area contributed by atoms with Gasteiger partial charge in [-0.1, -0.05) is 11.6 Å². The number of nitrogens with two attached hydrogens (primary N) is 1. The number of carbonyl (C=O) groups is 1. The number of carboxylic acid groups (broad SMARTS) is 1. The second-order valence-electron chi connectivity index (χ2n) is 3.29. The Bertz CT molecular complexity index is 366. The molecule has 1 aromatic carbocycles. The van der Waals surface area contributed by atoms with Gasteiger partial charge in [-0.2, -0.15) is 0 Å². The molecular formula is C10H11BrClNO2. The zero-order valence-corrected chi connectivity index (χ0v) is 10.3. The molecule has 1 aliphatic rings. The summed E-state index contributed by atoms with van der Waals surface area (Å²) < 4.78 is 0.837. The van der Waals surface area contributed by atoms with E-state index in [-0.39, 0.29) is 5.92 Å². The maximum absolute atomic E-state index is 9.76. The van der Waals surface area contributed by atoms with Gasteiger partial charge in [-0.05, 0) is 47.0 Å². The van der Waals surface area contributed by atoms with Crippen molar-refractivity contribution in [2.24, 2.45) is 5.92 Å². The number of halogens is 2. The molecule has 1 saturated carbocycles. The van der Waals surface area contributed by atoms with Crippen LogP contribution >= 0.6 is 27.5 Å². The van der Waals surface area contributed by atoms with Crippen molar-refractivity contribution in [1.29, 1.82) is 0 Å². The molecule has 3 nitrogen and oxygen atoms in total. The molecule has 2 rings (SSSR count). The highest BCUT2D eigenvalue weighted by Gasteiger charge is 2.28. The van der Waals surface area contributed by atoms with E-state index >= 15 is 0 Å². The summed E-state index contributed by atoms with van der Waals surface area (Å²) in [6, 6.07) is 5.27. The molecule has 15 heavy (non-hydrogen) atoms. The summed E-state index contributed by atoms with van der Waals surface area (Å²) in [6.45, 7) is 0. The topological polar surface area (TPSA) is 63.3 Å². The molecule has 0 spiro atoms. The van der Waals surface area contributed by atoms with Crippen molar-refractivity contribution in [3.8, 4) is 0 Å². The lowest BCUT2D eigenvalue weighted by atomic mass is 10.3. The van der Waals surface area contributed by atoms with Crippen molar-refractivity contribution in [3.63, 3.8) is 0 Å². The van der Waals surface area contributed by atoms with Crippen LogP contribution in [0.25, 0.3) is 0 Å². The van der Waals surface area contributed by atoms with Crippen LogP contribution in [0.1, 0.15) is 12.8 Å². The fourth-order valence-electron chi connectivity index (χ4n) is 0.843. The molecule has 0 bridgehead atoms. The minimum Gasteiger partial charge on any atom is -0.481 e. The van der Waals surface area contributed by atoms with Crippen molar-refractivity contribution in [3.05, 3.63) is 27.7 Å². The van der Waals surface area contributed by atoms with Crippen molar-refractivity contribution < 1.29 is 9.90 Å². The van der Waals surface area contributed by atoms with E-state index in [0.717, 1.165) is 17.3 Å². The Morgan fingerprint density at radius 3 is 2.40 bits per heavy atom. The van der Waals surface area contributed by atoms with E-state index in [2.05, 4.69) is 15.9 Å². The van der Waals surface area contributed by atoms with Crippen LogP contribution in [-0.4, -0.2) is 11.1 Å². The lowest BCUT2D eigenvalue weighted by Gasteiger charge is -1.94. The molecule has 0 amide bonds. The van der Waals surface area contributed by atoms with E-state index in [0.29, 0.717) is 10.7 Å². The van der Waals surface area contributed by atoms with Gasteiger partial charge in [0.25, 0.3) is 0 Å². The standard InChI is InChI=1S/C6H5BrClN.C4H6O2/c7-5-3-4(9)1-2-6(5)8;5-4(6)3-1-2-3/h1-3H,9H2;3H,1-2H2,(H,5,6). The SMILES string of the molecule is Nc1ccc(Cl)c(Br)c1.O=C(O)C1CC1. The summed E-state index contributed by atoms with van der Waals surface area (Å²) in [5.74, 6) is -0.611. The molecule has 0 unspecified atom stereocenters. The van der Waals surface area contributed by atoms with Crippen molar-refractivity contribution in [2.45, 2.75) is 12.8 Å². The van der Waals surface area contributed by atoms with Gasteiger partial charge in [-0.15, -0.1) is 0 Å². The highest BCUT2D eigenvalue weighted by Crippen LogP contribution is 2.28. The van der Waals surface area contributed by atoms with Gasteiger partial charge in [0.05, 0.1) is 10.9 Å². The van der Waals surface area contributed by atoms with Crippen LogP contribution < -0.4 is 5.73 Å². The van der Waals surface area contributed by atoms with Gasteiger partial charge in [-0.25, -0.2) is 0 Å². The number of hydrogen-bond donors (Lipinski definition) is 2. The number of benzene rings is 1. The Kier molecular flexibility index (Phi) is 4.42. The summed E-state index contributed by atoms with van der Waals surface area (Å²) in [5.41, 5.74) is 6.15. The number of anilines is 1. The van der Waals surface area contributed by atoms with Gasteiger partial charge < -0.3 is 10.8 Å². The van der Waals surface area contributed by atoms with Crippen LogP contribution in [0.4, 0.5) is 5.69 Å². The minimum atomic E-state index is -0.630. The summed E-state index contributed by atoms with van der Waals surface area (Å²) in [5, 5.41) is 8.74. The van der Waals surface area contributed by atoms with Crippen LogP contribution in [0.5, 0.6) is 0 Å². The lowest BCUT2D eigenvalue weighted by molar-refractivity contribution is -0.138. The lowest BCUT2D eigenvalue weighted by Crippen LogP contribution is -1.94.